The second kappa shape index (κ2) is 8.09. The third-order valence-electron chi connectivity index (χ3n) is 5.77. The Hall–Kier alpha value is -4.01. The van der Waals surface area contributed by atoms with Crippen LogP contribution in [0.25, 0.3) is 11.3 Å². The largest absolute Gasteiger partial charge is 0.586 e. The normalized spacial score (nSPS) is 14.1. The topological polar surface area (TPSA) is 97.8 Å². The standard InChI is InChI=1S/C25H22F2N2O5/c1-13-5-7-15(11-17(13)22(30)31)21-14(2)6-10-20(28-21)29-23(32)24(3,4)16-8-9-18-19(12-16)34-25(26,27)33-18/h5-12H,1-4H3,(H,30,31)(H,28,29,32). The average molecular weight is 468 g/mol. The van der Waals surface area contributed by atoms with Gasteiger partial charge in [0.1, 0.15) is 5.82 Å². The van der Waals surface area contributed by atoms with Gasteiger partial charge >= 0.3 is 12.3 Å². The van der Waals surface area contributed by atoms with Gasteiger partial charge in [0.15, 0.2) is 11.5 Å². The number of ether oxygens (including phenoxy) is 2. The van der Waals surface area contributed by atoms with Crippen LogP contribution in [-0.2, 0) is 10.2 Å². The van der Waals surface area contributed by atoms with Crippen LogP contribution in [0.1, 0.15) is 40.9 Å². The number of hydrogen-bond acceptors (Lipinski definition) is 5. The minimum Gasteiger partial charge on any atom is -0.478 e. The summed E-state index contributed by atoms with van der Waals surface area (Å²) in [4.78, 5) is 29.2. The Balaban J connectivity index is 1.61. The lowest BCUT2D eigenvalue weighted by molar-refractivity contribution is -0.286. The molecule has 0 unspecified atom stereocenters. The number of carboxylic acid groups (broad SMARTS) is 1. The van der Waals surface area contributed by atoms with Crippen molar-refractivity contribution in [1.29, 1.82) is 0 Å². The molecule has 7 nitrogen and oxygen atoms in total. The number of carboxylic acids is 1. The SMILES string of the molecule is Cc1ccc(-c2nc(NC(=O)C(C)(C)c3ccc4c(c3)OC(F)(F)O4)ccc2C)cc1C(=O)O. The van der Waals surface area contributed by atoms with Gasteiger partial charge in [0.2, 0.25) is 5.91 Å². The molecule has 1 aromatic heterocycles. The van der Waals surface area contributed by atoms with E-state index in [1.54, 1.807) is 51.1 Å². The molecule has 2 aromatic carbocycles. The van der Waals surface area contributed by atoms with Gasteiger partial charge in [0.25, 0.3) is 0 Å². The van der Waals surface area contributed by atoms with Crippen molar-refractivity contribution in [2.24, 2.45) is 0 Å². The second-order valence-corrected chi connectivity index (χ2v) is 8.60. The van der Waals surface area contributed by atoms with Crippen LogP contribution in [-0.4, -0.2) is 28.3 Å². The Bertz CT molecular complexity index is 1320. The van der Waals surface area contributed by atoms with Gasteiger partial charge in [-0.2, -0.15) is 0 Å². The minimum atomic E-state index is -3.74. The molecule has 2 heterocycles. The summed E-state index contributed by atoms with van der Waals surface area (Å²) in [6.45, 7) is 6.84. The molecule has 0 aliphatic carbocycles. The maximum absolute atomic E-state index is 13.3. The molecule has 9 heteroatoms. The maximum Gasteiger partial charge on any atom is 0.586 e. The molecule has 176 valence electrons. The van der Waals surface area contributed by atoms with Crippen LogP contribution in [0.5, 0.6) is 11.5 Å². The van der Waals surface area contributed by atoms with E-state index in [0.29, 0.717) is 22.4 Å². The van der Waals surface area contributed by atoms with Crippen molar-refractivity contribution in [3.8, 4) is 22.8 Å². The van der Waals surface area contributed by atoms with Crippen molar-refractivity contribution in [2.75, 3.05) is 5.32 Å². The number of amides is 1. The van der Waals surface area contributed by atoms with Crippen LogP contribution in [0.4, 0.5) is 14.6 Å². The fraction of sp³-hybridized carbons (Fsp3) is 0.240. The van der Waals surface area contributed by atoms with Crippen molar-refractivity contribution >= 4 is 17.7 Å². The van der Waals surface area contributed by atoms with Crippen LogP contribution >= 0.6 is 0 Å². The number of rotatable bonds is 5. The molecular formula is C25H22F2N2O5. The number of hydrogen-bond donors (Lipinski definition) is 2. The van der Waals surface area contributed by atoms with Crippen molar-refractivity contribution in [2.45, 2.75) is 39.4 Å². The number of benzene rings is 2. The van der Waals surface area contributed by atoms with Gasteiger partial charge in [0.05, 0.1) is 16.7 Å². The number of carbonyl (C=O) groups is 2. The summed E-state index contributed by atoms with van der Waals surface area (Å²) in [5, 5.41) is 12.2. The molecule has 4 rings (SSSR count). The zero-order valence-electron chi connectivity index (χ0n) is 18.9. The molecule has 34 heavy (non-hydrogen) atoms. The van der Waals surface area contributed by atoms with E-state index in [9.17, 15) is 23.5 Å². The smallest absolute Gasteiger partial charge is 0.478 e. The van der Waals surface area contributed by atoms with E-state index in [1.807, 2.05) is 6.92 Å². The zero-order valence-corrected chi connectivity index (χ0v) is 18.9. The van der Waals surface area contributed by atoms with Gasteiger partial charge in [-0.3, -0.25) is 4.79 Å². The quantitative estimate of drug-likeness (QED) is 0.527. The summed E-state index contributed by atoms with van der Waals surface area (Å²) in [5.74, 6) is -1.44. The molecule has 0 fully saturated rings. The molecular weight excluding hydrogens is 446 g/mol. The molecule has 3 aromatic rings. The Kier molecular flexibility index (Phi) is 5.51. The van der Waals surface area contributed by atoms with Crippen molar-refractivity contribution in [3.05, 3.63) is 70.8 Å². The molecule has 1 aliphatic heterocycles. The molecule has 1 aliphatic rings. The first-order chi connectivity index (χ1) is 15.9. The monoisotopic (exact) mass is 468 g/mol. The van der Waals surface area contributed by atoms with Crippen molar-refractivity contribution in [1.82, 2.24) is 4.98 Å². The summed E-state index contributed by atoms with van der Waals surface area (Å²) in [6, 6.07) is 12.6. The highest BCUT2D eigenvalue weighted by molar-refractivity contribution is 5.98. The maximum atomic E-state index is 13.3. The summed E-state index contributed by atoms with van der Waals surface area (Å²) < 4.78 is 35.6. The van der Waals surface area contributed by atoms with E-state index in [2.05, 4.69) is 19.8 Å². The zero-order chi connectivity index (χ0) is 24.8. The van der Waals surface area contributed by atoms with Gasteiger partial charge in [-0.25, -0.2) is 9.78 Å². The van der Waals surface area contributed by atoms with Crippen LogP contribution < -0.4 is 14.8 Å². The highest BCUT2D eigenvalue weighted by atomic mass is 19.3. The number of anilines is 1. The van der Waals surface area contributed by atoms with Crippen LogP contribution in [0.2, 0.25) is 0 Å². The summed E-state index contributed by atoms with van der Waals surface area (Å²) in [7, 11) is 0. The Morgan fingerprint density at radius 2 is 1.65 bits per heavy atom. The van der Waals surface area contributed by atoms with Crippen LogP contribution in [0.3, 0.4) is 0 Å². The lowest BCUT2D eigenvalue weighted by Crippen LogP contribution is -2.35. The summed E-state index contributed by atoms with van der Waals surface area (Å²) in [6.07, 6.45) is -3.74. The number of nitrogens with one attached hydrogen (secondary N) is 1. The predicted molar refractivity (Wildman–Crippen MR) is 120 cm³/mol. The first-order valence-corrected chi connectivity index (χ1v) is 10.4. The number of aryl methyl sites for hydroxylation is 2. The van der Waals surface area contributed by atoms with Gasteiger partial charge in [-0.15, -0.1) is 8.78 Å². The first kappa shape index (κ1) is 23.2. The Morgan fingerprint density at radius 3 is 2.35 bits per heavy atom. The number of nitrogens with zero attached hydrogens (tertiary/aromatic N) is 1. The molecule has 0 atom stereocenters. The predicted octanol–water partition coefficient (Wildman–Crippen LogP) is 5.30. The number of aromatic carboxylic acids is 1. The van der Waals surface area contributed by atoms with Gasteiger partial charge in [-0.1, -0.05) is 24.3 Å². The fourth-order valence-electron chi connectivity index (χ4n) is 3.63. The van der Waals surface area contributed by atoms with Gasteiger partial charge < -0.3 is 19.9 Å². The van der Waals surface area contributed by atoms with Crippen LogP contribution in [0.15, 0.2) is 48.5 Å². The van der Waals surface area contributed by atoms with Crippen molar-refractivity contribution < 1.29 is 33.0 Å². The molecule has 0 bridgehead atoms. The van der Waals surface area contributed by atoms with Crippen molar-refractivity contribution in [3.63, 3.8) is 0 Å². The van der Waals surface area contributed by atoms with E-state index in [1.165, 1.54) is 18.2 Å². The van der Waals surface area contributed by atoms with E-state index >= 15 is 0 Å². The number of alkyl halides is 2. The number of halogens is 2. The first-order valence-electron chi connectivity index (χ1n) is 10.4. The molecule has 0 saturated carbocycles. The second-order valence-electron chi connectivity index (χ2n) is 8.60. The summed E-state index contributed by atoms with van der Waals surface area (Å²) >= 11 is 0. The number of pyridine rings is 1. The highest BCUT2D eigenvalue weighted by Gasteiger charge is 2.44. The van der Waals surface area contributed by atoms with E-state index in [-0.39, 0.29) is 22.9 Å². The lowest BCUT2D eigenvalue weighted by Gasteiger charge is -2.24. The fourth-order valence-corrected chi connectivity index (χ4v) is 3.63. The number of aromatic nitrogens is 1. The third-order valence-corrected chi connectivity index (χ3v) is 5.77. The number of carbonyl (C=O) groups excluding carboxylic acids is 1. The Labute approximate surface area is 194 Å². The summed E-state index contributed by atoms with van der Waals surface area (Å²) in [5.41, 5.74) is 2.06. The van der Waals surface area contributed by atoms with E-state index < -0.39 is 23.6 Å². The minimum absolute atomic E-state index is 0.103. The van der Waals surface area contributed by atoms with Crippen LogP contribution in [0, 0.1) is 13.8 Å². The molecule has 2 N–H and O–H groups in total. The molecule has 0 spiro atoms. The highest BCUT2D eigenvalue weighted by Crippen LogP contribution is 2.43. The van der Waals surface area contributed by atoms with Gasteiger partial charge in [0, 0.05) is 5.56 Å². The Morgan fingerprint density at radius 1 is 0.971 bits per heavy atom. The molecule has 0 saturated heterocycles. The third kappa shape index (κ3) is 4.28. The molecule has 0 radical (unpaired) electrons. The van der Waals surface area contributed by atoms with E-state index in [0.717, 1.165) is 5.56 Å². The number of fused-ring (bicyclic) bond motifs is 1. The lowest BCUT2D eigenvalue weighted by atomic mass is 9.83. The van der Waals surface area contributed by atoms with Gasteiger partial charge in [-0.05, 0) is 68.7 Å². The van der Waals surface area contributed by atoms with E-state index in [4.69, 9.17) is 0 Å². The average Bonchev–Trinajstić information content (AvgIpc) is 3.08. The molecule has 1 amide bonds.